The zero-order chi connectivity index (χ0) is 14.7. The van der Waals surface area contributed by atoms with E-state index >= 15 is 0 Å². The minimum atomic E-state index is -0.418. The van der Waals surface area contributed by atoms with Gasteiger partial charge in [0.1, 0.15) is 11.0 Å². The van der Waals surface area contributed by atoms with Crippen molar-refractivity contribution < 1.29 is 9.13 Å². The Labute approximate surface area is 120 Å². The summed E-state index contributed by atoms with van der Waals surface area (Å²) in [5.74, 6) is 0.341. The van der Waals surface area contributed by atoms with E-state index in [1.54, 1.807) is 18.2 Å². The van der Waals surface area contributed by atoms with Crippen molar-refractivity contribution in [2.24, 2.45) is 0 Å². The van der Waals surface area contributed by atoms with Crippen LogP contribution in [-0.4, -0.2) is 17.1 Å². The third kappa shape index (κ3) is 3.27. The second kappa shape index (κ2) is 5.92. The number of halogens is 2. The van der Waals surface area contributed by atoms with E-state index < -0.39 is 5.82 Å². The highest BCUT2D eigenvalue weighted by molar-refractivity contribution is 6.29. The van der Waals surface area contributed by atoms with Crippen LogP contribution in [0.4, 0.5) is 16.2 Å². The second-order valence-electron chi connectivity index (χ2n) is 4.19. The molecule has 2 aromatic rings. The molecule has 0 bridgehead atoms. The largest absolute Gasteiger partial charge is 0.494 e. The maximum atomic E-state index is 13.7. The lowest BCUT2D eigenvalue weighted by Gasteiger charge is -2.16. The van der Waals surface area contributed by atoms with Crippen LogP contribution in [0, 0.1) is 5.82 Å². The Bertz CT molecular complexity index is 603. The first-order valence-electron chi connectivity index (χ1n) is 5.89. The second-order valence-corrected chi connectivity index (χ2v) is 4.58. The topological polar surface area (TPSA) is 73.1 Å². The van der Waals surface area contributed by atoms with Gasteiger partial charge in [0.15, 0.2) is 11.6 Å². The summed E-state index contributed by atoms with van der Waals surface area (Å²) < 4.78 is 18.5. The smallest absolute Gasteiger partial charge is 0.223 e. The average Bonchev–Trinajstić information content (AvgIpc) is 2.37. The molecule has 0 amide bonds. The molecule has 1 atom stereocenters. The van der Waals surface area contributed by atoms with Crippen molar-refractivity contribution in [1.82, 2.24) is 9.97 Å². The first-order valence-corrected chi connectivity index (χ1v) is 6.27. The van der Waals surface area contributed by atoms with Crippen LogP contribution in [0.5, 0.6) is 5.75 Å². The van der Waals surface area contributed by atoms with E-state index in [0.717, 1.165) is 5.56 Å². The lowest BCUT2D eigenvalue weighted by atomic mass is 10.1. The van der Waals surface area contributed by atoms with Gasteiger partial charge in [0.25, 0.3) is 0 Å². The van der Waals surface area contributed by atoms with Gasteiger partial charge in [-0.3, -0.25) is 0 Å². The number of nitrogen functional groups attached to an aromatic ring is 1. The quantitative estimate of drug-likeness (QED) is 0.848. The number of ether oxygens (including phenoxy) is 1. The third-order valence-electron chi connectivity index (χ3n) is 2.75. The monoisotopic (exact) mass is 296 g/mol. The van der Waals surface area contributed by atoms with E-state index in [2.05, 4.69) is 15.3 Å². The molecule has 1 aromatic heterocycles. The molecule has 0 spiro atoms. The summed E-state index contributed by atoms with van der Waals surface area (Å²) in [5.41, 5.74) is 6.26. The number of nitrogens with zero attached hydrogens (tertiary/aromatic N) is 2. The van der Waals surface area contributed by atoms with Gasteiger partial charge in [-0.2, -0.15) is 4.98 Å². The SMILES string of the molecule is COc1ccc(C(C)Nc2cc(Cl)nc(N)n2)cc1F. The van der Waals surface area contributed by atoms with E-state index in [0.29, 0.717) is 5.82 Å². The van der Waals surface area contributed by atoms with Crippen LogP contribution >= 0.6 is 11.6 Å². The number of nitrogens with two attached hydrogens (primary N) is 1. The fourth-order valence-electron chi connectivity index (χ4n) is 1.77. The summed E-state index contributed by atoms with van der Waals surface area (Å²) in [7, 11) is 1.42. The summed E-state index contributed by atoms with van der Waals surface area (Å²) >= 11 is 5.80. The summed E-state index contributed by atoms with van der Waals surface area (Å²) in [6.45, 7) is 1.87. The van der Waals surface area contributed by atoms with Gasteiger partial charge in [0.2, 0.25) is 5.95 Å². The molecule has 0 aliphatic rings. The van der Waals surface area contributed by atoms with Crippen molar-refractivity contribution >= 4 is 23.4 Å². The summed E-state index contributed by atoms with van der Waals surface area (Å²) in [6, 6.07) is 6.12. The highest BCUT2D eigenvalue weighted by Crippen LogP contribution is 2.24. The van der Waals surface area contributed by atoms with E-state index in [9.17, 15) is 4.39 Å². The van der Waals surface area contributed by atoms with Gasteiger partial charge in [0, 0.05) is 6.07 Å². The van der Waals surface area contributed by atoms with Gasteiger partial charge >= 0.3 is 0 Å². The number of hydrogen-bond acceptors (Lipinski definition) is 5. The predicted molar refractivity (Wildman–Crippen MR) is 76.4 cm³/mol. The number of hydrogen-bond donors (Lipinski definition) is 2. The van der Waals surface area contributed by atoms with Gasteiger partial charge < -0.3 is 15.8 Å². The molecule has 106 valence electrons. The Kier molecular flexibility index (Phi) is 4.24. The third-order valence-corrected chi connectivity index (χ3v) is 2.95. The van der Waals surface area contributed by atoms with Crippen LogP contribution in [0.25, 0.3) is 0 Å². The number of methoxy groups -OCH3 is 1. The molecular formula is C13H14ClFN4O. The molecule has 0 saturated heterocycles. The first kappa shape index (κ1) is 14.3. The van der Waals surface area contributed by atoms with Crippen LogP contribution in [0.15, 0.2) is 24.3 Å². The zero-order valence-corrected chi connectivity index (χ0v) is 11.8. The molecule has 1 heterocycles. The van der Waals surface area contributed by atoms with Crippen LogP contribution < -0.4 is 15.8 Å². The molecule has 5 nitrogen and oxygen atoms in total. The standard InChI is InChI=1S/C13H14ClFN4O/c1-7(8-3-4-10(20-2)9(15)5-8)17-12-6-11(14)18-13(16)19-12/h3-7H,1-2H3,(H3,16,17,18,19). The molecule has 7 heteroatoms. The molecule has 0 saturated carbocycles. The van der Waals surface area contributed by atoms with E-state index in [1.807, 2.05) is 6.92 Å². The van der Waals surface area contributed by atoms with Gasteiger partial charge in [0.05, 0.1) is 13.2 Å². The molecule has 1 aromatic carbocycles. The van der Waals surface area contributed by atoms with E-state index in [4.69, 9.17) is 22.1 Å². The lowest BCUT2D eigenvalue weighted by molar-refractivity contribution is 0.386. The Balaban J connectivity index is 2.19. The zero-order valence-electron chi connectivity index (χ0n) is 11.0. The molecule has 3 N–H and O–H groups in total. The maximum absolute atomic E-state index is 13.7. The van der Waals surface area contributed by atoms with E-state index in [1.165, 1.54) is 13.2 Å². The van der Waals surface area contributed by atoms with Gasteiger partial charge in [-0.25, -0.2) is 9.37 Å². The van der Waals surface area contributed by atoms with Gasteiger partial charge in [-0.15, -0.1) is 0 Å². The van der Waals surface area contributed by atoms with Crippen molar-refractivity contribution in [3.8, 4) is 5.75 Å². The fraction of sp³-hybridized carbons (Fsp3) is 0.231. The number of anilines is 2. The summed E-state index contributed by atoms with van der Waals surface area (Å²) in [4.78, 5) is 7.77. The van der Waals surface area contributed by atoms with Crippen molar-refractivity contribution in [2.45, 2.75) is 13.0 Å². The molecule has 1 unspecified atom stereocenters. The summed E-state index contributed by atoms with van der Waals surface area (Å²) in [6.07, 6.45) is 0. The maximum Gasteiger partial charge on any atom is 0.223 e. The molecule has 0 aliphatic carbocycles. The number of aromatic nitrogens is 2. The highest BCUT2D eigenvalue weighted by Gasteiger charge is 2.11. The Hall–Kier alpha value is -2.08. The molecule has 2 rings (SSSR count). The Morgan fingerprint density at radius 3 is 2.70 bits per heavy atom. The number of benzene rings is 1. The molecule has 0 radical (unpaired) electrons. The average molecular weight is 297 g/mol. The minimum Gasteiger partial charge on any atom is -0.494 e. The van der Waals surface area contributed by atoms with Crippen molar-refractivity contribution in [1.29, 1.82) is 0 Å². The molecule has 0 fully saturated rings. The van der Waals surface area contributed by atoms with Crippen molar-refractivity contribution in [2.75, 3.05) is 18.2 Å². The molecule has 20 heavy (non-hydrogen) atoms. The Morgan fingerprint density at radius 1 is 1.35 bits per heavy atom. The van der Waals surface area contributed by atoms with E-state index in [-0.39, 0.29) is 22.9 Å². The normalized spacial score (nSPS) is 12.0. The molecular weight excluding hydrogens is 283 g/mol. The van der Waals surface area contributed by atoms with Crippen LogP contribution in [0.1, 0.15) is 18.5 Å². The highest BCUT2D eigenvalue weighted by atomic mass is 35.5. The first-order chi connectivity index (χ1) is 9.49. The van der Waals surface area contributed by atoms with Crippen LogP contribution in [0.3, 0.4) is 0 Å². The fourth-order valence-corrected chi connectivity index (χ4v) is 1.96. The predicted octanol–water partition coefficient (Wildman–Crippen LogP) is 3.03. The van der Waals surface area contributed by atoms with Crippen molar-refractivity contribution in [3.63, 3.8) is 0 Å². The number of rotatable bonds is 4. The van der Waals surface area contributed by atoms with Crippen LogP contribution in [0.2, 0.25) is 5.15 Å². The lowest BCUT2D eigenvalue weighted by Crippen LogP contribution is -2.10. The number of nitrogens with one attached hydrogen (secondary N) is 1. The van der Waals surface area contributed by atoms with Crippen LogP contribution in [-0.2, 0) is 0 Å². The molecule has 0 aliphatic heterocycles. The Morgan fingerprint density at radius 2 is 2.10 bits per heavy atom. The minimum absolute atomic E-state index is 0.0770. The van der Waals surface area contributed by atoms with Crippen molar-refractivity contribution in [3.05, 3.63) is 40.8 Å². The van der Waals surface area contributed by atoms with Gasteiger partial charge in [-0.05, 0) is 24.6 Å². The summed E-state index contributed by atoms with van der Waals surface area (Å²) in [5, 5.41) is 3.33. The van der Waals surface area contributed by atoms with Gasteiger partial charge in [-0.1, -0.05) is 17.7 Å².